The van der Waals surface area contributed by atoms with Gasteiger partial charge in [-0.05, 0) is 29.8 Å². The van der Waals surface area contributed by atoms with E-state index in [0.29, 0.717) is 5.56 Å². The fourth-order valence-electron chi connectivity index (χ4n) is 1.76. The van der Waals surface area contributed by atoms with Crippen molar-refractivity contribution in [1.82, 2.24) is 0 Å². The highest BCUT2D eigenvalue weighted by atomic mass is 31.2. The van der Waals surface area contributed by atoms with Crippen LogP contribution in [-0.4, -0.2) is 20.9 Å². The molecule has 2 aromatic rings. The molecule has 126 valence electrons. The number of hydrogen-bond acceptors (Lipinski definition) is 6. The molecule has 0 amide bonds. The molecule has 10 heteroatoms. The molecule has 0 aromatic heterocycles. The van der Waals surface area contributed by atoms with Crippen molar-refractivity contribution in [3.63, 3.8) is 0 Å². The number of phosphoric ester groups is 1. The summed E-state index contributed by atoms with van der Waals surface area (Å²) in [6.45, 7) is 0. The van der Waals surface area contributed by atoms with Crippen LogP contribution in [0.25, 0.3) is 0 Å². The fourth-order valence-corrected chi connectivity index (χ4v) is 2.57. The van der Waals surface area contributed by atoms with Crippen LogP contribution in [0.5, 0.6) is 11.5 Å². The highest BCUT2D eigenvalue weighted by Gasteiger charge is 2.25. The second-order valence-electron chi connectivity index (χ2n) is 4.62. The van der Waals surface area contributed by atoms with Crippen molar-refractivity contribution >= 4 is 19.5 Å². The second kappa shape index (κ2) is 7.12. The molecule has 2 rings (SSSR count). The van der Waals surface area contributed by atoms with E-state index in [2.05, 4.69) is 0 Å². The van der Waals surface area contributed by atoms with Crippen LogP contribution in [-0.2, 0) is 15.8 Å². The minimum atomic E-state index is -4.50. The first-order valence-corrected chi connectivity index (χ1v) is 8.02. The van der Waals surface area contributed by atoms with E-state index >= 15 is 0 Å². The minimum absolute atomic E-state index is 0.0110. The van der Waals surface area contributed by atoms with E-state index in [0.717, 1.165) is 12.1 Å². The molecule has 1 atom stereocenters. The van der Waals surface area contributed by atoms with Gasteiger partial charge in [-0.2, -0.15) is 0 Å². The van der Waals surface area contributed by atoms with E-state index in [-0.39, 0.29) is 23.6 Å². The maximum absolute atomic E-state index is 11.9. The molecular formula is C14H12NO8P. The second-order valence-corrected chi connectivity index (χ2v) is 5.92. The summed E-state index contributed by atoms with van der Waals surface area (Å²) in [5.74, 6) is -1.07. The van der Waals surface area contributed by atoms with Crippen LogP contribution in [0.2, 0.25) is 0 Å². The van der Waals surface area contributed by atoms with Crippen LogP contribution in [0.15, 0.2) is 48.5 Å². The fraction of sp³-hybridized carbons (Fsp3) is 0.0714. The molecule has 0 fully saturated rings. The zero-order valence-corrected chi connectivity index (χ0v) is 13.0. The number of non-ortho nitro benzene ring substituents is 1. The first-order chi connectivity index (χ1) is 11.2. The molecule has 0 saturated carbocycles. The largest absolute Gasteiger partial charge is 0.584 e. The molecule has 2 N–H and O–H groups in total. The summed E-state index contributed by atoms with van der Waals surface area (Å²) in [4.78, 5) is 30.2. The summed E-state index contributed by atoms with van der Waals surface area (Å²) < 4.78 is 21.6. The van der Waals surface area contributed by atoms with Crippen LogP contribution in [0.3, 0.4) is 0 Å². The van der Waals surface area contributed by atoms with E-state index in [1.807, 2.05) is 0 Å². The molecule has 0 aliphatic heterocycles. The summed E-state index contributed by atoms with van der Waals surface area (Å²) in [7, 11) is -4.50. The quantitative estimate of drug-likeness (QED) is 0.440. The molecule has 9 nitrogen and oxygen atoms in total. The average Bonchev–Trinajstić information content (AvgIpc) is 2.48. The Morgan fingerprint density at radius 2 is 1.50 bits per heavy atom. The van der Waals surface area contributed by atoms with Gasteiger partial charge in [-0.25, -0.2) is 4.57 Å². The van der Waals surface area contributed by atoms with Crippen LogP contribution in [0, 0.1) is 10.1 Å². The number of hydrogen-bond donors (Lipinski definition) is 2. The van der Waals surface area contributed by atoms with Crippen LogP contribution in [0.4, 0.5) is 5.69 Å². The molecule has 0 radical (unpaired) electrons. The predicted molar refractivity (Wildman–Crippen MR) is 82.0 cm³/mol. The SMILES string of the molecule is O=C(O)Cc1ccc(OP(=O)(O)Oc2ccc([N+](=O)[O-])cc2)cc1. The van der Waals surface area contributed by atoms with Crippen molar-refractivity contribution in [3.8, 4) is 11.5 Å². The third-order valence-electron chi connectivity index (χ3n) is 2.77. The van der Waals surface area contributed by atoms with E-state index < -0.39 is 18.7 Å². The van der Waals surface area contributed by atoms with Gasteiger partial charge in [-0.3, -0.25) is 19.8 Å². The molecule has 0 heterocycles. The Kier molecular flexibility index (Phi) is 5.18. The standard InChI is InChI=1S/C14H12NO8P/c16-14(17)9-10-1-5-12(6-2-10)22-24(20,21)23-13-7-3-11(4-8-13)15(18)19/h1-8H,9H2,(H,16,17)(H,20,21). The van der Waals surface area contributed by atoms with Gasteiger partial charge in [0.25, 0.3) is 5.69 Å². The minimum Gasteiger partial charge on any atom is -0.481 e. The summed E-state index contributed by atoms with van der Waals surface area (Å²) in [6.07, 6.45) is -0.184. The number of carboxylic acid groups (broad SMARTS) is 1. The highest BCUT2D eigenvalue weighted by Crippen LogP contribution is 2.44. The lowest BCUT2D eigenvalue weighted by molar-refractivity contribution is -0.384. The summed E-state index contributed by atoms with van der Waals surface area (Å²) in [5, 5.41) is 19.2. The monoisotopic (exact) mass is 353 g/mol. The molecule has 2 aromatic carbocycles. The Bertz CT molecular complexity index is 787. The average molecular weight is 353 g/mol. The van der Waals surface area contributed by atoms with Gasteiger partial charge in [0, 0.05) is 12.1 Å². The van der Waals surface area contributed by atoms with Crippen molar-refractivity contribution in [3.05, 3.63) is 64.2 Å². The maximum Gasteiger partial charge on any atom is 0.584 e. The molecule has 1 unspecified atom stereocenters. The lowest BCUT2D eigenvalue weighted by atomic mass is 10.1. The van der Waals surface area contributed by atoms with Crippen molar-refractivity contribution in [2.24, 2.45) is 0 Å². The van der Waals surface area contributed by atoms with E-state index in [4.69, 9.17) is 14.2 Å². The van der Waals surface area contributed by atoms with Gasteiger partial charge in [0.2, 0.25) is 0 Å². The first kappa shape index (κ1) is 17.5. The predicted octanol–water partition coefficient (Wildman–Crippen LogP) is 2.78. The van der Waals surface area contributed by atoms with Gasteiger partial charge in [-0.1, -0.05) is 12.1 Å². The molecule has 0 spiro atoms. The molecule has 0 saturated heterocycles. The Morgan fingerprint density at radius 3 is 1.92 bits per heavy atom. The smallest absolute Gasteiger partial charge is 0.481 e. The zero-order valence-electron chi connectivity index (χ0n) is 12.1. The summed E-state index contributed by atoms with van der Waals surface area (Å²) in [5.41, 5.74) is 0.309. The van der Waals surface area contributed by atoms with Crippen molar-refractivity contribution in [2.45, 2.75) is 6.42 Å². The number of aliphatic carboxylic acids is 1. The normalized spacial score (nSPS) is 12.9. The van der Waals surface area contributed by atoms with E-state index in [9.17, 15) is 24.4 Å². The zero-order chi connectivity index (χ0) is 17.7. The number of benzene rings is 2. The van der Waals surface area contributed by atoms with Crippen LogP contribution in [0.1, 0.15) is 5.56 Å². The maximum atomic E-state index is 11.9. The molecule has 0 aliphatic carbocycles. The van der Waals surface area contributed by atoms with Crippen molar-refractivity contribution in [1.29, 1.82) is 0 Å². The van der Waals surface area contributed by atoms with Gasteiger partial charge in [0.15, 0.2) is 0 Å². The first-order valence-electron chi connectivity index (χ1n) is 6.52. The summed E-state index contributed by atoms with van der Waals surface area (Å²) >= 11 is 0. The number of nitrogens with zero attached hydrogens (tertiary/aromatic N) is 1. The number of nitro benzene ring substituents is 1. The molecule has 0 aliphatic rings. The van der Waals surface area contributed by atoms with Gasteiger partial charge in [0.1, 0.15) is 11.5 Å². The number of carbonyl (C=O) groups is 1. The van der Waals surface area contributed by atoms with Gasteiger partial charge >= 0.3 is 13.8 Å². The van der Waals surface area contributed by atoms with Gasteiger partial charge in [0.05, 0.1) is 11.3 Å². The third kappa shape index (κ3) is 5.08. The summed E-state index contributed by atoms with van der Waals surface area (Å²) in [6, 6.07) is 10.1. The number of carboxylic acids is 1. The van der Waals surface area contributed by atoms with Crippen molar-refractivity contribution < 1.29 is 33.3 Å². The third-order valence-corrected chi connectivity index (χ3v) is 3.65. The topological polar surface area (TPSA) is 136 Å². The lowest BCUT2D eigenvalue weighted by Crippen LogP contribution is -2.01. The Morgan fingerprint density at radius 1 is 1.04 bits per heavy atom. The van der Waals surface area contributed by atoms with Crippen molar-refractivity contribution in [2.75, 3.05) is 0 Å². The molecule has 0 bridgehead atoms. The highest BCUT2D eigenvalue weighted by molar-refractivity contribution is 7.48. The number of nitro groups is 1. The Hall–Kier alpha value is -2.90. The van der Waals surface area contributed by atoms with Gasteiger partial charge in [-0.15, -0.1) is 0 Å². The molecular weight excluding hydrogens is 341 g/mol. The Balaban J connectivity index is 2.03. The van der Waals surface area contributed by atoms with Gasteiger partial charge < -0.3 is 14.2 Å². The number of phosphoric acid groups is 1. The molecule has 24 heavy (non-hydrogen) atoms. The lowest BCUT2D eigenvalue weighted by Gasteiger charge is -2.13. The number of rotatable bonds is 7. The van der Waals surface area contributed by atoms with E-state index in [1.54, 1.807) is 0 Å². The van der Waals surface area contributed by atoms with Crippen LogP contribution >= 0.6 is 7.82 Å². The van der Waals surface area contributed by atoms with E-state index in [1.165, 1.54) is 36.4 Å². The Labute approximate surface area is 135 Å². The van der Waals surface area contributed by atoms with Crippen LogP contribution < -0.4 is 9.05 Å².